The SMILES string of the molecule is CNCc1cc(C)[nH]c(=O)c1CNCc1cccc2c1cnn2C1CCCC1. The average Bonchev–Trinajstić information content (AvgIpc) is 3.33. The number of aromatic nitrogens is 3. The minimum Gasteiger partial charge on any atom is -0.326 e. The summed E-state index contributed by atoms with van der Waals surface area (Å²) >= 11 is 0. The van der Waals surface area contributed by atoms with Crippen molar-refractivity contribution in [1.82, 2.24) is 25.4 Å². The van der Waals surface area contributed by atoms with Crippen LogP contribution in [0.5, 0.6) is 0 Å². The van der Waals surface area contributed by atoms with Crippen molar-refractivity contribution in [2.45, 2.75) is 58.3 Å². The van der Waals surface area contributed by atoms with E-state index in [1.165, 1.54) is 42.1 Å². The van der Waals surface area contributed by atoms with Crippen LogP contribution >= 0.6 is 0 Å². The van der Waals surface area contributed by atoms with Crippen LogP contribution in [0.1, 0.15) is 54.1 Å². The van der Waals surface area contributed by atoms with Crippen LogP contribution in [0.3, 0.4) is 0 Å². The molecule has 0 aliphatic heterocycles. The molecule has 148 valence electrons. The van der Waals surface area contributed by atoms with Gasteiger partial charge in [-0.2, -0.15) is 5.10 Å². The third-order valence-corrected chi connectivity index (χ3v) is 5.75. The molecule has 0 bridgehead atoms. The number of H-pyrrole nitrogens is 1. The van der Waals surface area contributed by atoms with Crippen LogP contribution in [0.25, 0.3) is 10.9 Å². The number of nitrogens with one attached hydrogen (secondary N) is 3. The fourth-order valence-corrected chi connectivity index (χ4v) is 4.37. The van der Waals surface area contributed by atoms with Gasteiger partial charge in [-0.25, -0.2) is 0 Å². The molecular formula is C22H29N5O. The Kier molecular flexibility index (Phi) is 5.59. The van der Waals surface area contributed by atoms with Crippen molar-refractivity contribution < 1.29 is 0 Å². The molecule has 0 spiro atoms. The maximum atomic E-state index is 12.4. The average molecular weight is 380 g/mol. The highest BCUT2D eigenvalue weighted by Gasteiger charge is 2.20. The smallest absolute Gasteiger partial charge is 0.252 e. The standard InChI is InChI=1S/C22H29N5O/c1-15-10-17(11-23-2)20(22(28)26-15)13-24-12-16-6-5-9-21-19(16)14-25-27(21)18-7-3-4-8-18/h5-6,9-10,14,18,23-24H,3-4,7-8,11-13H2,1-2H3,(H,26,28). The predicted octanol–water partition coefficient (Wildman–Crippen LogP) is 3.16. The number of aryl methyl sites for hydroxylation is 1. The molecule has 0 radical (unpaired) electrons. The first kappa shape index (κ1) is 18.9. The van der Waals surface area contributed by atoms with Crippen LogP contribution in [-0.2, 0) is 19.6 Å². The molecule has 0 unspecified atom stereocenters. The molecular weight excluding hydrogens is 350 g/mol. The van der Waals surface area contributed by atoms with E-state index in [1.54, 1.807) is 0 Å². The Morgan fingerprint density at radius 3 is 2.79 bits per heavy atom. The molecule has 6 heteroatoms. The Balaban J connectivity index is 1.52. The lowest BCUT2D eigenvalue weighted by Gasteiger charge is -2.13. The van der Waals surface area contributed by atoms with Crippen molar-refractivity contribution in [3.05, 3.63) is 63.2 Å². The molecule has 1 fully saturated rings. The van der Waals surface area contributed by atoms with E-state index in [2.05, 4.69) is 38.5 Å². The second-order valence-corrected chi connectivity index (χ2v) is 7.80. The number of hydrogen-bond acceptors (Lipinski definition) is 4. The third-order valence-electron chi connectivity index (χ3n) is 5.75. The summed E-state index contributed by atoms with van der Waals surface area (Å²) in [6, 6.07) is 9.00. The molecule has 2 heterocycles. The van der Waals surface area contributed by atoms with Gasteiger partial charge < -0.3 is 15.6 Å². The fourth-order valence-electron chi connectivity index (χ4n) is 4.37. The first-order chi connectivity index (χ1) is 13.7. The first-order valence-corrected chi connectivity index (χ1v) is 10.2. The van der Waals surface area contributed by atoms with Crippen LogP contribution in [0.4, 0.5) is 0 Å². The van der Waals surface area contributed by atoms with E-state index in [0.717, 1.165) is 16.8 Å². The van der Waals surface area contributed by atoms with Gasteiger partial charge in [-0.1, -0.05) is 25.0 Å². The van der Waals surface area contributed by atoms with Gasteiger partial charge >= 0.3 is 0 Å². The van der Waals surface area contributed by atoms with E-state index in [-0.39, 0.29) is 5.56 Å². The summed E-state index contributed by atoms with van der Waals surface area (Å²) in [5.41, 5.74) is 5.17. The highest BCUT2D eigenvalue weighted by atomic mass is 16.1. The Labute approximate surface area is 165 Å². The van der Waals surface area contributed by atoms with Gasteiger partial charge in [0.1, 0.15) is 0 Å². The Morgan fingerprint density at radius 1 is 1.18 bits per heavy atom. The molecule has 1 saturated carbocycles. The Bertz CT molecular complexity index is 1010. The van der Waals surface area contributed by atoms with E-state index in [4.69, 9.17) is 5.10 Å². The molecule has 4 rings (SSSR count). The molecule has 0 amide bonds. The Morgan fingerprint density at radius 2 is 2.00 bits per heavy atom. The highest BCUT2D eigenvalue weighted by molar-refractivity contribution is 5.82. The van der Waals surface area contributed by atoms with E-state index >= 15 is 0 Å². The lowest BCUT2D eigenvalue weighted by Crippen LogP contribution is -2.25. The molecule has 3 aromatic rings. The van der Waals surface area contributed by atoms with Gasteiger partial charge in [0.25, 0.3) is 5.56 Å². The van der Waals surface area contributed by atoms with Crippen molar-refractivity contribution in [3.63, 3.8) is 0 Å². The summed E-state index contributed by atoms with van der Waals surface area (Å²) in [6.07, 6.45) is 7.05. The first-order valence-electron chi connectivity index (χ1n) is 10.2. The van der Waals surface area contributed by atoms with Gasteiger partial charge in [0.05, 0.1) is 17.8 Å². The fraction of sp³-hybridized carbons (Fsp3) is 0.455. The van der Waals surface area contributed by atoms with E-state index in [1.807, 2.05) is 26.2 Å². The van der Waals surface area contributed by atoms with Crippen molar-refractivity contribution >= 4 is 10.9 Å². The zero-order valence-corrected chi connectivity index (χ0v) is 16.7. The zero-order chi connectivity index (χ0) is 19.5. The Hall–Kier alpha value is -2.44. The van der Waals surface area contributed by atoms with Gasteiger partial charge in [-0.15, -0.1) is 0 Å². The summed E-state index contributed by atoms with van der Waals surface area (Å²) in [5.74, 6) is 0. The molecule has 2 aromatic heterocycles. The maximum Gasteiger partial charge on any atom is 0.252 e. The lowest BCUT2D eigenvalue weighted by atomic mass is 10.1. The number of rotatable bonds is 7. The summed E-state index contributed by atoms with van der Waals surface area (Å²) in [7, 11) is 1.90. The number of nitrogens with zero attached hydrogens (tertiary/aromatic N) is 2. The molecule has 3 N–H and O–H groups in total. The normalized spacial score (nSPS) is 14.9. The van der Waals surface area contributed by atoms with Crippen molar-refractivity contribution in [1.29, 1.82) is 0 Å². The van der Waals surface area contributed by atoms with Crippen LogP contribution in [0.15, 0.2) is 35.3 Å². The second-order valence-electron chi connectivity index (χ2n) is 7.80. The highest BCUT2D eigenvalue weighted by Crippen LogP contribution is 2.32. The number of benzene rings is 1. The van der Waals surface area contributed by atoms with Crippen molar-refractivity contribution in [3.8, 4) is 0 Å². The van der Waals surface area contributed by atoms with Gasteiger partial charge in [0.2, 0.25) is 0 Å². The van der Waals surface area contributed by atoms with Gasteiger partial charge in [-0.3, -0.25) is 9.48 Å². The lowest BCUT2D eigenvalue weighted by molar-refractivity contribution is 0.482. The predicted molar refractivity (Wildman–Crippen MR) is 112 cm³/mol. The summed E-state index contributed by atoms with van der Waals surface area (Å²) in [6.45, 7) is 3.85. The summed E-state index contributed by atoms with van der Waals surface area (Å²) in [5, 5.41) is 12.5. The number of aromatic amines is 1. The molecule has 1 aliphatic rings. The van der Waals surface area contributed by atoms with Crippen LogP contribution < -0.4 is 16.2 Å². The van der Waals surface area contributed by atoms with E-state index in [9.17, 15) is 4.79 Å². The molecule has 1 aromatic carbocycles. The van der Waals surface area contributed by atoms with Gasteiger partial charge in [-0.05, 0) is 50.1 Å². The minimum absolute atomic E-state index is 0.00925. The van der Waals surface area contributed by atoms with Crippen LogP contribution in [0.2, 0.25) is 0 Å². The molecule has 1 aliphatic carbocycles. The molecule has 6 nitrogen and oxygen atoms in total. The minimum atomic E-state index is -0.00925. The number of fused-ring (bicyclic) bond motifs is 1. The van der Waals surface area contributed by atoms with E-state index in [0.29, 0.717) is 25.7 Å². The summed E-state index contributed by atoms with van der Waals surface area (Å²) in [4.78, 5) is 15.3. The van der Waals surface area contributed by atoms with Crippen molar-refractivity contribution in [2.24, 2.45) is 0 Å². The zero-order valence-electron chi connectivity index (χ0n) is 16.7. The maximum absolute atomic E-state index is 12.4. The molecule has 0 saturated heterocycles. The molecule has 28 heavy (non-hydrogen) atoms. The van der Waals surface area contributed by atoms with Crippen molar-refractivity contribution in [2.75, 3.05) is 7.05 Å². The number of hydrogen-bond donors (Lipinski definition) is 3. The largest absolute Gasteiger partial charge is 0.326 e. The van der Waals surface area contributed by atoms with E-state index < -0.39 is 0 Å². The quantitative estimate of drug-likeness (QED) is 0.589. The monoisotopic (exact) mass is 379 g/mol. The van der Waals surface area contributed by atoms with Crippen LogP contribution in [-0.4, -0.2) is 21.8 Å². The summed E-state index contributed by atoms with van der Waals surface area (Å²) < 4.78 is 2.21. The topological polar surface area (TPSA) is 74.7 Å². The second kappa shape index (κ2) is 8.29. The van der Waals surface area contributed by atoms with Crippen LogP contribution in [0, 0.1) is 6.92 Å². The molecule has 0 atom stereocenters. The third kappa shape index (κ3) is 3.75. The van der Waals surface area contributed by atoms with Gasteiger partial charge in [0.15, 0.2) is 0 Å². The number of pyridine rings is 1. The van der Waals surface area contributed by atoms with Gasteiger partial charge in [0, 0.05) is 36.3 Å².